The van der Waals surface area contributed by atoms with E-state index < -0.39 is 6.10 Å². The van der Waals surface area contributed by atoms with Gasteiger partial charge in [0.15, 0.2) is 5.58 Å². The van der Waals surface area contributed by atoms with E-state index in [-0.39, 0.29) is 39.8 Å². The first-order chi connectivity index (χ1) is 16.2. The molecule has 3 N–H and O–H groups in total. The largest absolute Gasteiger partial charge is 0.505 e. The van der Waals surface area contributed by atoms with E-state index in [0.29, 0.717) is 5.69 Å². The van der Waals surface area contributed by atoms with Gasteiger partial charge in [-0.3, -0.25) is 0 Å². The monoisotopic (exact) mass is 494 g/mol. The molecule has 0 aliphatic heterocycles. The molecule has 3 rings (SSSR count). The van der Waals surface area contributed by atoms with Gasteiger partial charge >= 0.3 is 0 Å². The van der Waals surface area contributed by atoms with Gasteiger partial charge in [0.1, 0.15) is 17.4 Å². The van der Waals surface area contributed by atoms with Crippen LogP contribution in [0.3, 0.4) is 0 Å². The maximum absolute atomic E-state index is 11.1. The molecule has 5 nitrogen and oxygen atoms in total. The third-order valence-electron chi connectivity index (χ3n) is 6.74. The Morgan fingerprint density at radius 3 is 1.75 bits per heavy atom. The van der Waals surface area contributed by atoms with Gasteiger partial charge in [-0.15, -0.1) is 0 Å². The van der Waals surface area contributed by atoms with E-state index in [0.717, 1.165) is 27.8 Å². The molecule has 1 heterocycles. The number of hydrogen-bond donors (Lipinski definition) is 3. The predicted molar refractivity (Wildman–Crippen MR) is 150 cm³/mol. The fourth-order valence-electron chi connectivity index (χ4n) is 4.25. The number of aliphatic hydroxyl groups excluding tert-OH is 1. The van der Waals surface area contributed by atoms with Crippen molar-refractivity contribution < 1.29 is 14.6 Å². The molecule has 0 spiro atoms. The Kier molecular flexibility index (Phi) is 7.08. The lowest BCUT2D eigenvalue weighted by molar-refractivity contribution is 0.158. The molecule has 0 aliphatic rings. The van der Waals surface area contributed by atoms with Crippen LogP contribution in [0.5, 0.6) is 5.75 Å². The van der Waals surface area contributed by atoms with Crippen LogP contribution in [0.1, 0.15) is 117 Å². The second-order valence-corrected chi connectivity index (χ2v) is 14.2. The van der Waals surface area contributed by atoms with Gasteiger partial charge in [0.2, 0.25) is 5.89 Å². The zero-order chi connectivity index (χ0) is 27.4. The minimum absolute atomic E-state index is 0.0339. The summed E-state index contributed by atoms with van der Waals surface area (Å²) in [6.45, 7) is 25.9. The Morgan fingerprint density at radius 2 is 1.25 bits per heavy atom. The zero-order valence-electron chi connectivity index (χ0n) is 24.3. The summed E-state index contributed by atoms with van der Waals surface area (Å²) in [7, 11) is 0. The Hall–Kier alpha value is -2.53. The van der Waals surface area contributed by atoms with E-state index in [2.05, 4.69) is 107 Å². The number of rotatable bonds is 4. The van der Waals surface area contributed by atoms with Crippen LogP contribution in [-0.2, 0) is 21.7 Å². The summed E-state index contributed by atoms with van der Waals surface area (Å²) >= 11 is 0. The maximum Gasteiger partial charge on any atom is 0.226 e. The van der Waals surface area contributed by atoms with Crippen molar-refractivity contribution in [2.45, 2.75) is 111 Å². The first-order valence-corrected chi connectivity index (χ1v) is 12.9. The smallest absolute Gasteiger partial charge is 0.226 e. The third-order valence-corrected chi connectivity index (χ3v) is 6.74. The number of aromatic nitrogens is 1. The van der Waals surface area contributed by atoms with Crippen molar-refractivity contribution in [2.24, 2.45) is 0 Å². The molecular formula is C31H46N2O3. The molecule has 1 aromatic heterocycles. The molecule has 36 heavy (non-hydrogen) atoms. The average molecular weight is 495 g/mol. The average Bonchev–Trinajstić information content (AvgIpc) is 3.13. The number of benzene rings is 2. The van der Waals surface area contributed by atoms with Gasteiger partial charge in [-0.25, -0.2) is 4.98 Å². The Labute approximate surface area is 217 Å². The zero-order valence-corrected chi connectivity index (χ0v) is 24.3. The van der Waals surface area contributed by atoms with E-state index in [9.17, 15) is 10.2 Å². The fraction of sp³-hybridized carbons (Fsp3) is 0.581. The normalized spacial score (nSPS) is 14.4. The van der Waals surface area contributed by atoms with Crippen molar-refractivity contribution in [3.63, 3.8) is 0 Å². The van der Waals surface area contributed by atoms with E-state index in [1.54, 1.807) is 0 Å². The first-order valence-electron chi connectivity index (χ1n) is 12.9. The molecule has 0 saturated heterocycles. The van der Waals surface area contributed by atoms with Crippen LogP contribution in [0, 0.1) is 0 Å². The van der Waals surface area contributed by atoms with Crippen molar-refractivity contribution in [2.75, 3.05) is 11.9 Å². The standard InChI is InChI=1S/C31H46N2O3/c1-28(2,3)18-13-20(30(7,8)9)25(35)22(15-18)32-17-24(34)27-33-23-16-19(29(4,5)6)14-21(26(23)36-27)31(10,11)12/h13-16,24,32,34-35H,17H2,1-12H3. The number of aliphatic hydroxyl groups is 1. The minimum atomic E-state index is -0.973. The summed E-state index contributed by atoms with van der Waals surface area (Å²) in [4.78, 5) is 4.69. The topological polar surface area (TPSA) is 78.5 Å². The molecule has 0 fully saturated rings. The molecule has 0 radical (unpaired) electrons. The van der Waals surface area contributed by atoms with Gasteiger partial charge in [0, 0.05) is 17.7 Å². The summed E-state index contributed by atoms with van der Waals surface area (Å²) in [6.07, 6.45) is -0.973. The predicted octanol–water partition coefficient (Wildman–Crippen LogP) is 7.87. The van der Waals surface area contributed by atoms with E-state index in [1.165, 1.54) is 5.56 Å². The highest BCUT2D eigenvalue weighted by molar-refractivity contribution is 5.79. The Balaban J connectivity index is 1.99. The van der Waals surface area contributed by atoms with Gasteiger partial charge in [0.25, 0.3) is 0 Å². The number of oxazole rings is 1. The van der Waals surface area contributed by atoms with Crippen LogP contribution in [-0.4, -0.2) is 21.7 Å². The van der Waals surface area contributed by atoms with Crippen molar-refractivity contribution in [1.82, 2.24) is 4.98 Å². The van der Waals surface area contributed by atoms with Gasteiger partial charge in [-0.2, -0.15) is 0 Å². The van der Waals surface area contributed by atoms with Crippen molar-refractivity contribution in [3.05, 3.63) is 52.4 Å². The van der Waals surface area contributed by atoms with Crippen LogP contribution in [0.2, 0.25) is 0 Å². The molecule has 3 aromatic rings. The van der Waals surface area contributed by atoms with Crippen LogP contribution in [0.25, 0.3) is 11.1 Å². The molecule has 0 saturated carbocycles. The molecule has 0 bridgehead atoms. The molecule has 0 aliphatic carbocycles. The third kappa shape index (κ3) is 5.88. The van der Waals surface area contributed by atoms with Crippen LogP contribution < -0.4 is 5.32 Å². The number of hydrogen-bond acceptors (Lipinski definition) is 5. The second-order valence-electron chi connectivity index (χ2n) is 14.2. The molecule has 1 atom stereocenters. The highest BCUT2D eigenvalue weighted by Gasteiger charge is 2.28. The van der Waals surface area contributed by atoms with E-state index in [1.807, 2.05) is 6.07 Å². The van der Waals surface area contributed by atoms with Crippen molar-refractivity contribution in [3.8, 4) is 5.75 Å². The highest BCUT2D eigenvalue weighted by atomic mass is 16.4. The van der Waals surface area contributed by atoms with Gasteiger partial charge < -0.3 is 19.9 Å². The summed E-state index contributed by atoms with van der Waals surface area (Å²) in [5.74, 6) is 0.488. The summed E-state index contributed by atoms with van der Waals surface area (Å²) < 4.78 is 6.17. The lowest BCUT2D eigenvalue weighted by Gasteiger charge is -2.28. The number of phenolic OH excluding ortho intramolecular Hbond substituents is 1. The quantitative estimate of drug-likeness (QED) is 0.322. The van der Waals surface area contributed by atoms with Crippen LogP contribution in [0.4, 0.5) is 5.69 Å². The molecule has 1 unspecified atom stereocenters. The second kappa shape index (κ2) is 9.09. The first kappa shape index (κ1) is 28.0. The van der Waals surface area contributed by atoms with Gasteiger partial charge in [-0.05, 0) is 44.9 Å². The van der Waals surface area contributed by atoms with Crippen LogP contribution in [0.15, 0.2) is 28.7 Å². The fourth-order valence-corrected chi connectivity index (χ4v) is 4.25. The van der Waals surface area contributed by atoms with Crippen molar-refractivity contribution >= 4 is 16.8 Å². The molecule has 198 valence electrons. The SMILES string of the molecule is CC(C)(C)c1cc(NCC(O)c2nc3cc(C(C)(C)C)cc(C(C)(C)C)c3o2)c(O)c(C(C)(C)C)c1. The summed E-state index contributed by atoms with van der Waals surface area (Å²) in [6, 6.07) is 8.31. The van der Waals surface area contributed by atoms with E-state index in [4.69, 9.17) is 9.40 Å². The van der Waals surface area contributed by atoms with Crippen molar-refractivity contribution in [1.29, 1.82) is 0 Å². The lowest BCUT2D eigenvalue weighted by Crippen LogP contribution is -2.19. The minimum Gasteiger partial charge on any atom is -0.505 e. The van der Waals surface area contributed by atoms with Gasteiger partial charge in [0.05, 0.1) is 5.69 Å². The number of phenols is 1. The Bertz CT molecular complexity index is 1240. The molecule has 2 aromatic carbocycles. The lowest BCUT2D eigenvalue weighted by atomic mass is 9.79. The molecule has 0 amide bonds. The molecular weight excluding hydrogens is 448 g/mol. The number of fused-ring (bicyclic) bond motifs is 1. The maximum atomic E-state index is 11.1. The summed E-state index contributed by atoms with van der Waals surface area (Å²) in [5.41, 5.74) is 5.85. The number of nitrogens with one attached hydrogen (secondary N) is 1. The van der Waals surface area contributed by atoms with Gasteiger partial charge in [-0.1, -0.05) is 95.2 Å². The number of aromatic hydroxyl groups is 1. The van der Waals surface area contributed by atoms with E-state index >= 15 is 0 Å². The number of anilines is 1. The highest BCUT2D eigenvalue weighted by Crippen LogP contribution is 2.41. The van der Waals surface area contributed by atoms with Crippen LogP contribution >= 0.6 is 0 Å². The Morgan fingerprint density at radius 1 is 0.750 bits per heavy atom. The number of nitrogens with zero attached hydrogens (tertiary/aromatic N) is 1. The molecule has 5 heteroatoms. The summed E-state index contributed by atoms with van der Waals surface area (Å²) in [5, 5.41) is 25.4.